The van der Waals surface area contributed by atoms with Gasteiger partial charge < -0.3 is 10.6 Å². The van der Waals surface area contributed by atoms with Gasteiger partial charge in [0.05, 0.1) is 4.92 Å². The number of benzene rings is 1. The molecule has 1 aliphatic rings. The third kappa shape index (κ3) is 4.14. The van der Waals surface area contributed by atoms with E-state index in [0.29, 0.717) is 22.8 Å². The summed E-state index contributed by atoms with van der Waals surface area (Å²) in [6.07, 6.45) is 4.84. The van der Waals surface area contributed by atoms with E-state index < -0.39 is 4.92 Å². The summed E-state index contributed by atoms with van der Waals surface area (Å²) in [5, 5.41) is 17.8. The molecule has 1 saturated carbocycles. The molecule has 5 nitrogen and oxygen atoms in total. The Bertz CT molecular complexity index is 548. The summed E-state index contributed by atoms with van der Waals surface area (Å²) in [5.74, 6) is 0.602. The van der Waals surface area contributed by atoms with Crippen LogP contribution in [0.1, 0.15) is 38.2 Å². The monoisotopic (exact) mass is 307 g/mol. The Labute approximate surface area is 130 Å². The van der Waals surface area contributed by atoms with E-state index in [2.05, 4.69) is 17.6 Å². The summed E-state index contributed by atoms with van der Waals surface area (Å²) in [4.78, 5) is 10.4. The Balaban J connectivity index is 2.02. The molecule has 0 bridgehead atoms. The van der Waals surface area contributed by atoms with Gasteiger partial charge in [0.1, 0.15) is 0 Å². The zero-order valence-electron chi connectivity index (χ0n) is 12.4. The minimum atomic E-state index is -0.399. The quantitative estimate of drug-likeness (QED) is 0.505. The van der Waals surface area contributed by atoms with Crippen molar-refractivity contribution in [1.29, 1.82) is 0 Å². The van der Waals surface area contributed by atoms with Crippen LogP contribution in [-0.4, -0.2) is 16.1 Å². The first-order chi connectivity index (χ1) is 9.97. The average Bonchev–Trinajstić information content (AvgIpc) is 2.43. The van der Waals surface area contributed by atoms with Gasteiger partial charge in [-0.25, -0.2) is 0 Å². The smallest absolute Gasteiger partial charge is 0.271 e. The number of nitrogens with zero attached hydrogens (tertiary/aromatic N) is 1. The Morgan fingerprint density at radius 2 is 2.10 bits per heavy atom. The number of anilines is 1. The van der Waals surface area contributed by atoms with Crippen LogP contribution in [0.15, 0.2) is 18.2 Å². The summed E-state index contributed by atoms with van der Waals surface area (Å²) < 4.78 is 0. The number of rotatable bonds is 3. The van der Waals surface area contributed by atoms with Gasteiger partial charge in [-0.2, -0.15) is 0 Å². The minimum Gasteiger partial charge on any atom is -0.359 e. The summed E-state index contributed by atoms with van der Waals surface area (Å²) in [5.41, 5.74) is 1.68. The molecule has 0 spiro atoms. The maximum atomic E-state index is 10.8. The van der Waals surface area contributed by atoms with Gasteiger partial charge in [0.15, 0.2) is 5.11 Å². The lowest BCUT2D eigenvalue weighted by Gasteiger charge is -2.30. The second-order valence-corrected chi connectivity index (χ2v) is 6.13. The van der Waals surface area contributed by atoms with E-state index in [1.807, 2.05) is 6.92 Å². The van der Waals surface area contributed by atoms with Crippen LogP contribution >= 0.6 is 12.2 Å². The molecule has 1 aliphatic carbocycles. The van der Waals surface area contributed by atoms with Crippen molar-refractivity contribution in [2.24, 2.45) is 5.92 Å². The molecule has 2 atom stereocenters. The van der Waals surface area contributed by atoms with Gasteiger partial charge >= 0.3 is 0 Å². The van der Waals surface area contributed by atoms with Crippen molar-refractivity contribution >= 4 is 28.7 Å². The highest BCUT2D eigenvalue weighted by atomic mass is 32.1. The second-order valence-electron chi connectivity index (χ2n) is 5.72. The summed E-state index contributed by atoms with van der Waals surface area (Å²) in [6.45, 7) is 4.13. The number of aryl methyl sites for hydroxylation is 1. The van der Waals surface area contributed by atoms with Gasteiger partial charge in [0.2, 0.25) is 0 Å². The molecule has 0 saturated heterocycles. The van der Waals surface area contributed by atoms with E-state index in [4.69, 9.17) is 12.2 Å². The SMILES string of the molecule is Cc1ccc([N+](=O)[O-])cc1NC(=S)N[C@H]1CCCC[C@H]1C. The largest absolute Gasteiger partial charge is 0.359 e. The first-order valence-electron chi connectivity index (χ1n) is 7.30. The van der Waals surface area contributed by atoms with E-state index in [9.17, 15) is 10.1 Å². The number of non-ortho nitro benzene ring substituents is 1. The fraction of sp³-hybridized carbons (Fsp3) is 0.533. The Kier molecular flexibility index (Phi) is 5.12. The lowest BCUT2D eigenvalue weighted by atomic mass is 9.86. The third-order valence-electron chi connectivity index (χ3n) is 4.11. The van der Waals surface area contributed by atoms with Crippen molar-refractivity contribution in [2.45, 2.75) is 45.6 Å². The van der Waals surface area contributed by atoms with Crippen LogP contribution in [0.4, 0.5) is 11.4 Å². The van der Waals surface area contributed by atoms with E-state index in [-0.39, 0.29) is 5.69 Å². The molecule has 114 valence electrons. The standard InChI is InChI=1S/C15H21N3O2S/c1-10-5-3-4-6-13(10)16-15(21)17-14-9-12(18(19)20)8-7-11(14)2/h7-10,13H,3-6H2,1-2H3,(H2,16,17,21)/t10-,13+/m1/s1. The van der Waals surface area contributed by atoms with Gasteiger partial charge in [-0.3, -0.25) is 10.1 Å². The van der Waals surface area contributed by atoms with Crippen molar-refractivity contribution in [2.75, 3.05) is 5.32 Å². The molecule has 0 radical (unpaired) electrons. The Morgan fingerprint density at radius 3 is 2.76 bits per heavy atom. The van der Waals surface area contributed by atoms with Gasteiger partial charge in [-0.1, -0.05) is 25.8 Å². The number of hydrogen-bond acceptors (Lipinski definition) is 3. The molecule has 0 heterocycles. The van der Waals surface area contributed by atoms with E-state index >= 15 is 0 Å². The summed E-state index contributed by atoms with van der Waals surface area (Å²) in [6, 6.07) is 5.14. The molecule has 1 fully saturated rings. The lowest BCUT2D eigenvalue weighted by molar-refractivity contribution is -0.384. The van der Waals surface area contributed by atoms with Crippen molar-refractivity contribution < 1.29 is 4.92 Å². The molecule has 2 N–H and O–H groups in total. The van der Waals surface area contributed by atoms with Crippen LogP contribution in [0.2, 0.25) is 0 Å². The molecule has 0 unspecified atom stereocenters. The van der Waals surface area contributed by atoms with Crippen LogP contribution in [0.3, 0.4) is 0 Å². The fourth-order valence-electron chi connectivity index (χ4n) is 2.72. The van der Waals surface area contributed by atoms with Crippen molar-refractivity contribution in [3.8, 4) is 0 Å². The maximum absolute atomic E-state index is 10.8. The van der Waals surface area contributed by atoms with Crippen LogP contribution in [0.5, 0.6) is 0 Å². The van der Waals surface area contributed by atoms with Crippen LogP contribution < -0.4 is 10.6 Å². The zero-order valence-corrected chi connectivity index (χ0v) is 13.2. The van der Waals surface area contributed by atoms with Gasteiger partial charge in [-0.05, 0) is 43.5 Å². The van der Waals surface area contributed by atoms with Gasteiger partial charge in [0, 0.05) is 23.9 Å². The molecule has 0 amide bonds. The molecule has 0 aromatic heterocycles. The topological polar surface area (TPSA) is 67.2 Å². The highest BCUT2D eigenvalue weighted by Crippen LogP contribution is 2.25. The second kappa shape index (κ2) is 6.85. The molecule has 0 aliphatic heterocycles. The van der Waals surface area contributed by atoms with Gasteiger partial charge in [0.25, 0.3) is 5.69 Å². The number of thiocarbonyl (C=S) groups is 1. The molecular weight excluding hydrogens is 286 g/mol. The van der Waals surface area contributed by atoms with Crippen LogP contribution in [-0.2, 0) is 0 Å². The number of hydrogen-bond donors (Lipinski definition) is 2. The van der Waals surface area contributed by atoms with Crippen molar-refractivity contribution in [1.82, 2.24) is 5.32 Å². The first kappa shape index (κ1) is 15.7. The Hall–Kier alpha value is -1.69. The Morgan fingerprint density at radius 1 is 1.38 bits per heavy atom. The molecular formula is C15H21N3O2S. The third-order valence-corrected chi connectivity index (χ3v) is 4.33. The fourth-order valence-corrected chi connectivity index (χ4v) is 2.98. The summed E-state index contributed by atoms with van der Waals surface area (Å²) >= 11 is 5.35. The number of nitro benzene ring substituents is 1. The average molecular weight is 307 g/mol. The zero-order chi connectivity index (χ0) is 15.4. The normalized spacial score (nSPS) is 21.6. The molecule has 2 rings (SSSR count). The predicted molar refractivity (Wildman–Crippen MR) is 88.6 cm³/mol. The molecule has 6 heteroatoms. The highest BCUT2D eigenvalue weighted by molar-refractivity contribution is 7.80. The predicted octanol–water partition coefficient (Wildman–Crippen LogP) is 3.77. The van der Waals surface area contributed by atoms with E-state index in [1.165, 1.54) is 31.4 Å². The van der Waals surface area contributed by atoms with Crippen molar-refractivity contribution in [3.05, 3.63) is 33.9 Å². The summed E-state index contributed by atoms with van der Waals surface area (Å²) in [7, 11) is 0. The van der Waals surface area contributed by atoms with E-state index in [1.54, 1.807) is 6.07 Å². The van der Waals surface area contributed by atoms with Crippen LogP contribution in [0, 0.1) is 23.0 Å². The van der Waals surface area contributed by atoms with Gasteiger partial charge in [-0.15, -0.1) is 0 Å². The number of nitrogens with one attached hydrogen (secondary N) is 2. The number of nitro groups is 1. The lowest BCUT2D eigenvalue weighted by Crippen LogP contribution is -2.43. The molecule has 21 heavy (non-hydrogen) atoms. The van der Waals surface area contributed by atoms with Crippen LogP contribution in [0.25, 0.3) is 0 Å². The molecule has 1 aromatic rings. The highest BCUT2D eigenvalue weighted by Gasteiger charge is 2.21. The van der Waals surface area contributed by atoms with Crippen molar-refractivity contribution in [3.63, 3.8) is 0 Å². The minimum absolute atomic E-state index is 0.0666. The molecule has 1 aromatic carbocycles. The maximum Gasteiger partial charge on any atom is 0.271 e. The first-order valence-corrected chi connectivity index (χ1v) is 7.71. The van der Waals surface area contributed by atoms with E-state index in [0.717, 1.165) is 12.0 Å².